The van der Waals surface area contributed by atoms with Crippen LogP contribution in [-0.2, 0) is 22.6 Å². The van der Waals surface area contributed by atoms with Crippen molar-refractivity contribution in [1.82, 2.24) is 10.2 Å². The quantitative estimate of drug-likeness (QED) is 0.518. The number of aryl methyl sites for hydroxylation is 1. The largest absolute Gasteiger partial charge is 0.355 e. The molecule has 154 valence electrons. The van der Waals surface area contributed by atoms with E-state index in [4.69, 9.17) is 0 Å². The second kappa shape index (κ2) is 10.4. The Balaban J connectivity index is 2.34. The number of benzene rings is 2. The minimum atomic E-state index is -0.647. The number of carbonyl (C=O) groups is 2. The highest BCUT2D eigenvalue weighted by Crippen LogP contribution is 2.21. The average Bonchev–Trinajstić information content (AvgIpc) is 2.69. The Hall–Kier alpha value is -3.22. The molecule has 0 radical (unpaired) electrons. The summed E-state index contributed by atoms with van der Waals surface area (Å²) < 4.78 is 0. The summed E-state index contributed by atoms with van der Waals surface area (Å²) in [6.07, 6.45) is 0.305. The van der Waals surface area contributed by atoms with E-state index in [1.54, 1.807) is 18.2 Å². The van der Waals surface area contributed by atoms with Gasteiger partial charge in [-0.3, -0.25) is 19.7 Å². The summed E-state index contributed by atoms with van der Waals surface area (Å²) in [5.41, 5.74) is 2.24. The summed E-state index contributed by atoms with van der Waals surface area (Å²) in [5, 5.41) is 14.1. The molecule has 2 rings (SSSR count). The van der Waals surface area contributed by atoms with Gasteiger partial charge in [0.1, 0.15) is 6.04 Å². The predicted octanol–water partition coefficient (Wildman–Crippen LogP) is 3.39. The summed E-state index contributed by atoms with van der Waals surface area (Å²) in [7, 11) is 0. The van der Waals surface area contributed by atoms with E-state index in [9.17, 15) is 19.7 Å². The Bertz CT molecular complexity index is 865. The molecular weight excluding hydrogens is 370 g/mol. The van der Waals surface area contributed by atoms with Gasteiger partial charge < -0.3 is 10.2 Å². The Morgan fingerprint density at radius 1 is 1.10 bits per heavy atom. The fraction of sp³-hybridized carbons (Fsp3) is 0.364. The number of carbonyl (C=O) groups excluding carboxylic acids is 2. The number of likely N-dealkylation sites (N-methyl/N-ethyl adjacent to an activating group) is 1. The van der Waals surface area contributed by atoms with Crippen molar-refractivity contribution in [3.05, 3.63) is 75.3 Å². The predicted molar refractivity (Wildman–Crippen MR) is 111 cm³/mol. The van der Waals surface area contributed by atoms with Crippen molar-refractivity contribution in [2.45, 2.75) is 46.2 Å². The van der Waals surface area contributed by atoms with Gasteiger partial charge in [0, 0.05) is 24.7 Å². The normalized spacial score (nSPS) is 11.6. The third-order valence-corrected chi connectivity index (χ3v) is 4.74. The van der Waals surface area contributed by atoms with Crippen LogP contribution in [0.1, 0.15) is 37.0 Å². The van der Waals surface area contributed by atoms with E-state index in [0.717, 1.165) is 11.1 Å². The molecule has 2 aromatic rings. The lowest BCUT2D eigenvalue weighted by molar-refractivity contribution is -0.385. The van der Waals surface area contributed by atoms with Crippen LogP contribution in [0.5, 0.6) is 0 Å². The molecule has 1 atom stereocenters. The molecule has 2 amide bonds. The van der Waals surface area contributed by atoms with Crippen molar-refractivity contribution < 1.29 is 14.5 Å². The number of rotatable bonds is 9. The molecule has 0 aliphatic rings. The van der Waals surface area contributed by atoms with Crippen LogP contribution in [0.4, 0.5) is 5.69 Å². The maximum absolute atomic E-state index is 13.2. The van der Waals surface area contributed by atoms with Crippen LogP contribution in [-0.4, -0.2) is 34.2 Å². The molecule has 0 aromatic heterocycles. The molecular formula is C22H27N3O4. The van der Waals surface area contributed by atoms with Crippen LogP contribution < -0.4 is 5.32 Å². The van der Waals surface area contributed by atoms with Gasteiger partial charge in [-0.25, -0.2) is 0 Å². The molecule has 29 heavy (non-hydrogen) atoms. The molecule has 1 N–H and O–H groups in total. The Kier molecular flexibility index (Phi) is 7.88. The summed E-state index contributed by atoms with van der Waals surface area (Å²) in [5.74, 6) is -0.545. The molecule has 7 heteroatoms. The molecule has 0 aliphatic carbocycles. The van der Waals surface area contributed by atoms with Gasteiger partial charge in [0.2, 0.25) is 11.8 Å². The van der Waals surface area contributed by atoms with Crippen molar-refractivity contribution in [2.75, 3.05) is 6.54 Å². The Morgan fingerprint density at radius 2 is 1.76 bits per heavy atom. The standard InChI is InChI=1S/C22H27N3O4/c1-4-19(22(27)23-5-2)24(15-17-12-10-16(3)11-13-17)21(26)14-18-8-6-7-9-20(18)25(28)29/h6-13,19H,4-5,14-15H2,1-3H3,(H,23,27)/t19-/m0/s1. The summed E-state index contributed by atoms with van der Waals surface area (Å²) in [4.78, 5) is 38.1. The highest BCUT2D eigenvalue weighted by Gasteiger charge is 2.29. The molecule has 0 fully saturated rings. The van der Waals surface area contributed by atoms with E-state index in [2.05, 4.69) is 5.32 Å². The fourth-order valence-corrected chi connectivity index (χ4v) is 3.20. The average molecular weight is 397 g/mol. The van der Waals surface area contributed by atoms with Gasteiger partial charge >= 0.3 is 0 Å². The zero-order valence-electron chi connectivity index (χ0n) is 17.1. The number of nitro benzene ring substituents is 1. The molecule has 0 saturated heterocycles. The Labute approximate surface area is 170 Å². The first-order valence-electron chi connectivity index (χ1n) is 9.72. The van der Waals surface area contributed by atoms with Gasteiger partial charge in [0.25, 0.3) is 5.69 Å². The first kappa shape index (κ1) is 22.1. The van der Waals surface area contributed by atoms with Gasteiger partial charge in [0.05, 0.1) is 11.3 Å². The molecule has 0 aliphatic heterocycles. The summed E-state index contributed by atoms with van der Waals surface area (Å²) >= 11 is 0. The lowest BCUT2D eigenvalue weighted by Gasteiger charge is -2.30. The lowest BCUT2D eigenvalue weighted by atomic mass is 10.0. The second-order valence-electron chi connectivity index (χ2n) is 6.89. The summed E-state index contributed by atoms with van der Waals surface area (Å²) in [6, 6.07) is 13.3. The van der Waals surface area contributed by atoms with Crippen molar-refractivity contribution in [1.29, 1.82) is 0 Å². The van der Waals surface area contributed by atoms with E-state index in [0.29, 0.717) is 18.5 Å². The fourth-order valence-electron chi connectivity index (χ4n) is 3.20. The number of hydrogen-bond acceptors (Lipinski definition) is 4. The number of para-hydroxylation sites is 1. The second-order valence-corrected chi connectivity index (χ2v) is 6.89. The van der Waals surface area contributed by atoms with Gasteiger partial charge in [-0.05, 0) is 25.8 Å². The molecule has 0 unspecified atom stereocenters. The zero-order valence-corrected chi connectivity index (χ0v) is 17.1. The minimum Gasteiger partial charge on any atom is -0.355 e. The van der Waals surface area contributed by atoms with Crippen LogP contribution in [0.15, 0.2) is 48.5 Å². The molecule has 2 aromatic carbocycles. The molecule has 7 nitrogen and oxygen atoms in total. The van der Waals surface area contributed by atoms with E-state index in [1.807, 2.05) is 45.0 Å². The number of nitrogens with one attached hydrogen (secondary N) is 1. The topological polar surface area (TPSA) is 92.6 Å². The maximum Gasteiger partial charge on any atom is 0.273 e. The maximum atomic E-state index is 13.2. The molecule has 0 bridgehead atoms. The van der Waals surface area contributed by atoms with E-state index in [-0.39, 0.29) is 30.5 Å². The number of amides is 2. The van der Waals surface area contributed by atoms with Crippen LogP contribution in [0.25, 0.3) is 0 Å². The smallest absolute Gasteiger partial charge is 0.273 e. The van der Waals surface area contributed by atoms with Crippen molar-refractivity contribution >= 4 is 17.5 Å². The molecule has 0 spiro atoms. The summed E-state index contributed by atoms with van der Waals surface area (Å²) in [6.45, 7) is 6.37. The first-order valence-corrected chi connectivity index (χ1v) is 9.72. The van der Waals surface area contributed by atoms with Crippen molar-refractivity contribution in [3.8, 4) is 0 Å². The van der Waals surface area contributed by atoms with Gasteiger partial charge in [-0.15, -0.1) is 0 Å². The van der Waals surface area contributed by atoms with Crippen LogP contribution >= 0.6 is 0 Å². The third kappa shape index (κ3) is 5.88. The SMILES string of the molecule is CCNC(=O)[C@H](CC)N(Cc1ccc(C)cc1)C(=O)Cc1ccccc1[N+](=O)[O-]. The van der Waals surface area contributed by atoms with Gasteiger partial charge in [-0.1, -0.05) is 55.0 Å². The number of nitrogens with zero attached hydrogens (tertiary/aromatic N) is 2. The number of hydrogen-bond donors (Lipinski definition) is 1. The van der Waals surface area contributed by atoms with Gasteiger partial charge in [0.15, 0.2) is 0 Å². The highest BCUT2D eigenvalue weighted by atomic mass is 16.6. The van der Waals surface area contributed by atoms with Crippen LogP contribution in [0.3, 0.4) is 0 Å². The van der Waals surface area contributed by atoms with Crippen molar-refractivity contribution in [2.24, 2.45) is 0 Å². The lowest BCUT2D eigenvalue weighted by Crippen LogP contribution is -2.49. The van der Waals surface area contributed by atoms with Crippen LogP contribution in [0.2, 0.25) is 0 Å². The van der Waals surface area contributed by atoms with E-state index >= 15 is 0 Å². The van der Waals surface area contributed by atoms with E-state index in [1.165, 1.54) is 11.0 Å². The first-order chi connectivity index (χ1) is 13.9. The third-order valence-electron chi connectivity index (χ3n) is 4.74. The Morgan fingerprint density at radius 3 is 2.34 bits per heavy atom. The van der Waals surface area contributed by atoms with Gasteiger partial charge in [-0.2, -0.15) is 0 Å². The zero-order chi connectivity index (χ0) is 21.4. The molecule has 0 saturated carbocycles. The van der Waals surface area contributed by atoms with E-state index < -0.39 is 11.0 Å². The highest BCUT2D eigenvalue weighted by molar-refractivity contribution is 5.88. The van der Waals surface area contributed by atoms with Crippen molar-refractivity contribution in [3.63, 3.8) is 0 Å². The monoisotopic (exact) mass is 397 g/mol. The molecule has 0 heterocycles. The number of nitro groups is 1. The van der Waals surface area contributed by atoms with Crippen LogP contribution in [0, 0.1) is 17.0 Å². The minimum absolute atomic E-state index is 0.0952.